The van der Waals surface area contributed by atoms with Crippen LogP contribution in [0.5, 0.6) is 0 Å². The standard InChI is InChI=1S/C14H16BrN3O3S2/c1-17(9-11-5-6-13(15)22-11)14(19)10-18(2)23(20,21)12-4-3-7-16-8-12/h3-8H,9-10H2,1-2H3. The summed E-state index contributed by atoms with van der Waals surface area (Å²) in [6.07, 6.45) is 2.76. The molecule has 0 radical (unpaired) electrons. The fourth-order valence-corrected chi connectivity index (χ4v) is 4.46. The second kappa shape index (κ2) is 7.52. The first kappa shape index (κ1) is 18.1. The number of rotatable bonds is 6. The van der Waals surface area contributed by atoms with Gasteiger partial charge in [-0.15, -0.1) is 11.3 Å². The average molecular weight is 418 g/mol. The Kier molecular flexibility index (Phi) is 5.90. The molecule has 6 nitrogen and oxygen atoms in total. The first-order valence-electron chi connectivity index (χ1n) is 6.65. The van der Waals surface area contributed by atoms with E-state index in [1.54, 1.807) is 13.1 Å². The Hall–Kier alpha value is -1.29. The van der Waals surface area contributed by atoms with Gasteiger partial charge in [0.25, 0.3) is 0 Å². The SMILES string of the molecule is CN(Cc1ccc(Br)s1)C(=O)CN(C)S(=O)(=O)c1cccnc1. The van der Waals surface area contributed by atoms with Crippen LogP contribution in [0.2, 0.25) is 0 Å². The highest BCUT2D eigenvalue weighted by molar-refractivity contribution is 9.11. The van der Waals surface area contributed by atoms with Crippen molar-refractivity contribution in [2.75, 3.05) is 20.6 Å². The van der Waals surface area contributed by atoms with E-state index in [9.17, 15) is 13.2 Å². The molecule has 124 valence electrons. The lowest BCUT2D eigenvalue weighted by Crippen LogP contribution is -2.39. The van der Waals surface area contributed by atoms with Crippen LogP contribution < -0.4 is 0 Å². The highest BCUT2D eigenvalue weighted by Gasteiger charge is 2.24. The fraction of sp³-hybridized carbons (Fsp3) is 0.286. The molecule has 2 aromatic rings. The summed E-state index contributed by atoms with van der Waals surface area (Å²) >= 11 is 4.91. The lowest BCUT2D eigenvalue weighted by atomic mass is 10.4. The van der Waals surface area contributed by atoms with Crippen molar-refractivity contribution in [1.29, 1.82) is 0 Å². The molecule has 0 N–H and O–H groups in total. The molecule has 0 aliphatic heterocycles. The van der Waals surface area contributed by atoms with E-state index in [-0.39, 0.29) is 17.3 Å². The maximum Gasteiger partial charge on any atom is 0.244 e. The summed E-state index contributed by atoms with van der Waals surface area (Å²) in [5.41, 5.74) is 0. The van der Waals surface area contributed by atoms with Gasteiger partial charge in [0.15, 0.2) is 0 Å². The molecule has 0 spiro atoms. The third kappa shape index (κ3) is 4.60. The van der Waals surface area contributed by atoms with Gasteiger partial charge >= 0.3 is 0 Å². The highest BCUT2D eigenvalue weighted by Crippen LogP contribution is 2.23. The molecule has 0 saturated heterocycles. The summed E-state index contributed by atoms with van der Waals surface area (Å²) in [5.74, 6) is -0.274. The quantitative estimate of drug-likeness (QED) is 0.721. The van der Waals surface area contributed by atoms with Gasteiger partial charge in [-0.05, 0) is 40.2 Å². The lowest BCUT2D eigenvalue weighted by Gasteiger charge is -2.21. The summed E-state index contributed by atoms with van der Waals surface area (Å²) in [6.45, 7) is 0.218. The Bertz CT molecular complexity index is 778. The van der Waals surface area contributed by atoms with Gasteiger partial charge < -0.3 is 4.90 Å². The Morgan fingerprint density at radius 1 is 1.30 bits per heavy atom. The number of pyridine rings is 1. The van der Waals surface area contributed by atoms with E-state index >= 15 is 0 Å². The predicted octanol–water partition coefficient (Wildman–Crippen LogP) is 2.18. The van der Waals surface area contributed by atoms with Crippen molar-refractivity contribution < 1.29 is 13.2 Å². The van der Waals surface area contributed by atoms with Gasteiger partial charge in [0, 0.05) is 31.4 Å². The fourth-order valence-electron chi connectivity index (χ4n) is 1.83. The third-order valence-corrected chi connectivity index (χ3v) is 6.54. The summed E-state index contributed by atoms with van der Waals surface area (Å²) in [5, 5.41) is 0. The van der Waals surface area contributed by atoms with Crippen LogP contribution in [0.1, 0.15) is 4.88 Å². The van der Waals surface area contributed by atoms with Crippen molar-refractivity contribution in [3.8, 4) is 0 Å². The maximum atomic E-state index is 12.4. The van der Waals surface area contributed by atoms with Crippen LogP contribution in [-0.4, -0.2) is 49.2 Å². The van der Waals surface area contributed by atoms with Gasteiger partial charge in [-0.3, -0.25) is 9.78 Å². The van der Waals surface area contributed by atoms with Gasteiger partial charge in [-0.1, -0.05) is 0 Å². The summed E-state index contributed by atoms with van der Waals surface area (Å²) in [7, 11) is -0.680. The zero-order valence-corrected chi connectivity index (χ0v) is 15.9. The van der Waals surface area contributed by atoms with E-state index < -0.39 is 10.0 Å². The molecule has 0 bridgehead atoms. The molecule has 0 atom stereocenters. The highest BCUT2D eigenvalue weighted by atomic mass is 79.9. The average Bonchev–Trinajstić information content (AvgIpc) is 2.93. The minimum atomic E-state index is -3.72. The number of nitrogens with zero attached hydrogens (tertiary/aromatic N) is 3. The van der Waals surface area contributed by atoms with Crippen LogP contribution in [0.3, 0.4) is 0 Å². The molecule has 0 aliphatic rings. The number of carbonyl (C=O) groups excluding carboxylic acids is 1. The minimum absolute atomic E-state index is 0.0696. The second-order valence-electron chi connectivity index (χ2n) is 4.91. The van der Waals surface area contributed by atoms with Gasteiger partial charge in [0.2, 0.25) is 15.9 Å². The van der Waals surface area contributed by atoms with Crippen LogP contribution in [-0.2, 0) is 21.4 Å². The van der Waals surface area contributed by atoms with E-state index in [1.807, 2.05) is 12.1 Å². The Morgan fingerprint density at radius 3 is 2.61 bits per heavy atom. The maximum absolute atomic E-state index is 12.4. The molecular weight excluding hydrogens is 402 g/mol. The normalized spacial score (nSPS) is 11.7. The number of amides is 1. The topological polar surface area (TPSA) is 70.6 Å². The van der Waals surface area contributed by atoms with E-state index in [0.29, 0.717) is 6.54 Å². The molecule has 2 heterocycles. The number of halogens is 1. The van der Waals surface area contributed by atoms with Gasteiger partial charge in [0.1, 0.15) is 4.90 Å². The lowest BCUT2D eigenvalue weighted by molar-refractivity contribution is -0.130. The molecule has 2 rings (SSSR count). The summed E-state index contributed by atoms with van der Waals surface area (Å²) < 4.78 is 26.8. The van der Waals surface area contributed by atoms with Crippen molar-refractivity contribution in [2.45, 2.75) is 11.4 Å². The van der Waals surface area contributed by atoms with Gasteiger partial charge in [-0.2, -0.15) is 4.31 Å². The van der Waals surface area contributed by atoms with Crippen molar-refractivity contribution in [3.05, 3.63) is 45.3 Å². The van der Waals surface area contributed by atoms with Crippen molar-refractivity contribution in [1.82, 2.24) is 14.2 Å². The van der Waals surface area contributed by atoms with Crippen molar-refractivity contribution in [3.63, 3.8) is 0 Å². The van der Waals surface area contributed by atoms with Crippen molar-refractivity contribution in [2.24, 2.45) is 0 Å². The number of hydrogen-bond acceptors (Lipinski definition) is 5. The molecule has 23 heavy (non-hydrogen) atoms. The van der Waals surface area contributed by atoms with Gasteiger partial charge in [-0.25, -0.2) is 8.42 Å². The number of sulfonamides is 1. The first-order chi connectivity index (χ1) is 10.8. The Balaban J connectivity index is 2.01. The summed E-state index contributed by atoms with van der Waals surface area (Å²) in [4.78, 5) is 18.6. The summed E-state index contributed by atoms with van der Waals surface area (Å²) in [6, 6.07) is 6.84. The number of carbonyl (C=O) groups is 1. The molecule has 0 aliphatic carbocycles. The molecule has 1 amide bonds. The molecule has 0 fully saturated rings. The van der Waals surface area contributed by atoms with E-state index in [2.05, 4.69) is 20.9 Å². The molecule has 0 aromatic carbocycles. The zero-order chi connectivity index (χ0) is 17.0. The number of aromatic nitrogens is 1. The molecule has 2 aromatic heterocycles. The van der Waals surface area contributed by atoms with Gasteiger partial charge in [0.05, 0.1) is 16.9 Å². The zero-order valence-electron chi connectivity index (χ0n) is 12.6. The van der Waals surface area contributed by atoms with Crippen LogP contribution in [0.15, 0.2) is 45.3 Å². The number of hydrogen-bond donors (Lipinski definition) is 0. The molecule has 0 saturated carbocycles. The predicted molar refractivity (Wildman–Crippen MR) is 92.5 cm³/mol. The van der Waals surface area contributed by atoms with E-state index in [0.717, 1.165) is 13.0 Å². The van der Waals surface area contributed by atoms with Crippen LogP contribution in [0.4, 0.5) is 0 Å². The van der Waals surface area contributed by atoms with Crippen LogP contribution in [0.25, 0.3) is 0 Å². The smallest absolute Gasteiger partial charge is 0.244 e. The third-order valence-electron chi connectivity index (χ3n) is 3.15. The van der Waals surface area contributed by atoms with E-state index in [4.69, 9.17) is 0 Å². The largest absolute Gasteiger partial charge is 0.339 e. The monoisotopic (exact) mass is 417 g/mol. The van der Waals surface area contributed by atoms with E-state index in [1.165, 1.54) is 41.7 Å². The van der Waals surface area contributed by atoms with Crippen LogP contribution in [0, 0.1) is 0 Å². The van der Waals surface area contributed by atoms with Crippen molar-refractivity contribution >= 4 is 43.2 Å². The Morgan fingerprint density at radius 2 is 2.04 bits per heavy atom. The van der Waals surface area contributed by atoms with Crippen LogP contribution >= 0.6 is 27.3 Å². The minimum Gasteiger partial charge on any atom is -0.339 e. The number of likely N-dealkylation sites (N-methyl/N-ethyl adjacent to an activating group) is 2. The second-order valence-corrected chi connectivity index (χ2v) is 9.50. The molecule has 9 heteroatoms. The first-order valence-corrected chi connectivity index (χ1v) is 9.70. The Labute approximate surface area is 147 Å². The molecular formula is C14H16BrN3O3S2. The molecule has 0 unspecified atom stereocenters. The number of thiophene rings is 1.